The maximum absolute atomic E-state index is 12.8. The summed E-state index contributed by atoms with van der Waals surface area (Å²) in [6.07, 6.45) is 4.13. The molecule has 2 atom stereocenters. The predicted molar refractivity (Wildman–Crippen MR) is 101 cm³/mol. The highest BCUT2D eigenvalue weighted by Gasteiger charge is 2.37. The first-order chi connectivity index (χ1) is 12.3. The van der Waals surface area contributed by atoms with Crippen LogP contribution in [0.4, 0.5) is 0 Å². The third kappa shape index (κ3) is 4.22. The van der Waals surface area contributed by atoms with Gasteiger partial charge in [0.05, 0.1) is 22.0 Å². The van der Waals surface area contributed by atoms with Crippen molar-refractivity contribution in [3.8, 4) is 0 Å². The van der Waals surface area contributed by atoms with Gasteiger partial charge in [-0.05, 0) is 30.9 Å². The number of fused-ring (bicyclic) bond motifs is 4. The number of thioether (sulfide) groups is 1. The van der Waals surface area contributed by atoms with Crippen LogP contribution >= 0.6 is 23.1 Å². The maximum atomic E-state index is 12.8. The lowest BCUT2D eigenvalue weighted by atomic mass is 9.95. The number of rotatable bonds is 5. The Morgan fingerprint density at radius 1 is 1.24 bits per heavy atom. The zero-order valence-corrected chi connectivity index (χ0v) is 15.7. The zero-order valence-electron chi connectivity index (χ0n) is 14.1. The van der Waals surface area contributed by atoms with E-state index in [4.69, 9.17) is 0 Å². The zero-order chi connectivity index (χ0) is 17.1. The van der Waals surface area contributed by atoms with Crippen LogP contribution in [0.1, 0.15) is 18.5 Å². The van der Waals surface area contributed by atoms with E-state index in [9.17, 15) is 4.79 Å². The van der Waals surface area contributed by atoms with E-state index in [1.165, 1.54) is 18.2 Å². The Hall–Kier alpha value is -1.44. The average Bonchev–Trinajstić information content (AvgIpc) is 2.99. The average molecular weight is 375 g/mol. The molecule has 2 aromatic heterocycles. The van der Waals surface area contributed by atoms with Gasteiger partial charge in [0.15, 0.2) is 0 Å². The quantitative estimate of drug-likeness (QED) is 0.753. The smallest absolute Gasteiger partial charge is 0.233 e. The van der Waals surface area contributed by atoms with Crippen molar-refractivity contribution in [3.63, 3.8) is 0 Å². The maximum Gasteiger partial charge on any atom is 0.233 e. The molecule has 0 saturated carbocycles. The van der Waals surface area contributed by atoms with Gasteiger partial charge in [0, 0.05) is 43.8 Å². The summed E-state index contributed by atoms with van der Waals surface area (Å²) in [4.78, 5) is 26.1. The van der Waals surface area contributed by atoms with E-state index in [1.54, 1.807) is 17.5 Å². The molecule has 0 unspecified atom stereocenters. The molecule has 0 aliphatic carbocycles. The van der Waals surface area contributed by atoms with Crippen molar-refractivity contribution >= 4 is 29.0 Å². The Morgan fingerprint density at radius 2 is 2.20 bits per heavy atom. The van der Waals surface area contributed by atoms with E-state index in [2.05, 4.69) is 25.1 Å². The van der Waals surface area contributed by atoms with Crippen molar-refractivity contribution in [2.75, 3.05) is 25.4 Å². The number of amides is 1. The van der Waals surface area contributed by atoms with Crippen molar-refractivity contribution in [1.82, 2.24) is 19.8 Å². The first kappa shape index (κ1) is 17.0. The number of piperidine rings is 1. The van der Waals surface area contributed by atoms with Crippen LogP contribution in [0, 0.1) is 5.92 Å². The minimum absolute atomic E-state index is 0.251. The molecule has 3 aliphatic heterocycles. The van der Waals surface area contributed by atoms with Crippen LogP contribution in [0.25, 0.3) is 0 Å². The third-order valence-electron chi connectivity index (χ3n) is 4.96. The van der Waals surface area contributed by atoms with E-state index >= 15 is 0 Å². The summed E-state index contributed by atoms with van der Waals surface area (Å²) in [6, 6.07) is 6.16. The highest BCUT2D eigenvalue weighted by molar-refractivity contribution is 7.99. The number of carbonyl (C=O) groups excluding carboxylic acids is 1. The summed E-state index contributed by atoms with van der Waals surface area (Å²) in [5, 5.41) is 3.04. The van der Waals surface area contributed by atoms with Gasteiger partial charge in [-0.3, -0.25) is 9.69 Å². The van der Waals surface area contributed by atoms with E-state index in [1.807, 2.05) is 23.7 Å². The van der Waals surface area contributed by atoms with Gasteiger partial charge in [-0.25, -0.2) is 9.97 Å². The van der Waals surface area contributed by atoms with Gasteiger partial charge < -0.3 is 4.90 Å². The molecule has 0 aromatic carbocycles. The van der Waals surface area contributed by atoms with E-state index in [-0.39, 0.29) is 5.91 Å². The van der Waals surface area contributed by atoms with E-state index in [0.29, 0.717) is 17.7 Å². The number of hydrogen-bond acceptors (Lipinski definition) is 6. The first-order valence-electron chi connectivity index (χ1n) is 8.70. The lowest BCUT2D eigenvalue weighted by molar-refractivity contribution is -0.132. The lowest BCUT2D eigenvalue weighted by Crippen LogP contribution is -2.48. The number of aromatic nitrogens is 2. The molecule has 5 rings (SSSR count). The molecular formula is C18H22N4OS2. The summed E-state index contributed by atoms with van der Waals surface area (Å²) >= 11 is 3.19. The molecule has 3 saturated heterocycles. The largest absolute Gasteiger partial charge is 0.337 e. The standard InChI is InChI=1S/C18H22N4OS2/c23-18(12-25-17-3-1-2-6-19-17)22-8-14-4-5-16(22)10-21(7-14)9-15-11-24-13-20-15/h1-3,6,11,13-14,16H,4-5,7-10,12H2/t14-,16+/m0/s1. The highest BCUT2D eigenvalue weighted by Crippen LogP contribution is 2.29. The van der Waals surface area contributed by atoms with Crippen molar-refractivity contribution in [2.24, 2.45) is 5.92 Å². The molecule has 3 fully saturated rings. The second-order valence-electron chi connectivity index (χ2n) is 6.77. The fourth-order valence-corrected chi connectivity index (χ4v) is 5.11. The van der Waals surface area contributed by atoms with Crippen LogP contribution in [-0.4, -0.2) is 57.1 Å². The predicted octanol–water partition coefficient (Wildman–Crippen LogP) is 2.75. The summed E-state index contributed by atoms with van der Waals surface area (Å²) in [7, 11) is 0. The summed E-state index contributed by atoms with van der Waals surface area (Å²) in [5.41, 5.74) is 3.04. The fourth-order valence-electron chi connectivity index (χ4n) is 3.81. The molecule has 0 radical (unpaired) electrons. The van der Waals surface area contributed by atoms with Gasteiger partial charge in [-0.1, -0.05) is 17.8 Å². The number of pyridine rings is 1. The fraction of sp³-hybridized carbons (Fsp3) is 0.500. The Labute approximate surface area is 156 Å². The van der Waals surface area contributed by atoms with Crippen molar-refractivity contribution in [2.45, 2.75) is 30.5 Å². The number of thiazole rings is 1. The molecule has 2 bridgehead atoms. The molecular weight excluding hydrogens is 352 g/mol. The number of carbonyl (C=O) groups is 1. The SMILES string of the molecule is O=C(CSc1ccccn1)N1C[C@H]2CC[C@@H]1CN(Cc1cscn1)C2. The van der Waals surface area contributed by atoms with E-state index < -0.39 is 0 Å². The second kappa shape index (κ2) is 7.85. The van der Waals surface area contributed by atoms with Crippen LogP contribution < -0.4 is 0 Å². The normalized spacial score (nSPS) is 23.6. The van der Waals surface area contributed by atoms with Gasteiger partial charge >= 0.3 is 0 Å². The van der Waals surface area contributed by atoms with Gasteiger partial charge in [0.2, 0.25) is 5.91 Å². The molecule has 5 nitrogen and oxygen atoms in total. The van der Waals surface area contributed by atoms with Gasteiger partial charge in [-0.2, -0.15) is 0 Å². The van der Waals surface area contributed by atoms with Crippen LogP contribution in [0.2, 0.25) is 0 Å². The minimum atomic E-state index is 0.251. The Morgan fingerprint density at radius 3 is 3.00 bits per heavy atom. The van der Waals surface area contributed by atoms with Crippen LogP contribution in [-0.2, 0) is 11.3 Å². The first-order valence-corrected chi connectivity index (χ1v) is 10.6. The molecule has 1 amide bonds. The van der Waals surface area contributed by atoms with Gasteiger partial charge in [-0.15, -0.1) is 11.3 Å². The van der Waals surface area contributed by atoms with E-state index in [0.717, 1.165) is 43.3 Å². The van der Waals surface area contributed by atoms with Crippen molar-refractivity contribution in [3.05, 3.63) is 41.0 Å². The number of nitrogens with zero attached hydrogens (tertiary/aromatic N) is 4. The molecule has 3 aliphatic rings. The van der Waals surface area contributed by atoms with Gasteiger partial charge in [0.1, 0.15) is 0 Å². The Balaban J connectivity index is 1.37. The number of hydrogen-bond donors (Lipinski definition) is 0. The van der Waals surface area contributed by atoms with Crippen LogP contribution in [0.3, 0.4) is 0 Å². The molecule has 0 N–H and O–H groups in total. The molecule has 0 spiro atoms. The Kier molecular flexibility index (Phi) is 5.33. The topological polar surface area (TPSA) is 49.3 Å². The van der Waals surface area contributed by atoms with Crippen LogP contribution in [0.15, 0.2) is 40.3 Å². The molecule has 5 heterocycles. The molecule has 25 heavy (non-hydrogen) atoms. The molecule has 132 valence electrons. The van der Waals surface area contributed by atoms with Crippen molar-refractivity contribution in [1.29, 1.82) is 0 Å². The minimum Gasteiger partial charge on any atom is -0.337 e. The third-order valence-corrected chi connectivity index (χ3v) is 6.52. The molecule has 2 aromatic rings. The summed E-state index contributed by atoms with van der Waals surface area (Å²) in [5.74, 6) is 1.31. The second-order valence-corrected chi connectivity index (χ2v) is 8.49. The molecule has 7 heteroatoms. The monoisotopic (exact) mass is 374 g/mol. The summed E-state index contributed by atoms with van der Waals surface area (Å²) < 4.78 is 0. The Bertz CT molecular complexity index is 694. The van der Waals surface area contributed by atoms with Gasteiger partial charge in [0.25, 0.3) is 0 Å². The summed E-state index contributed by atoms with van der Waals surface area (Å²) in [6.45, 7) is 3.85. The van der Waals surface area contributed by atoms with Crippen LogP contribution in [0.5, 0.6) is 0 Å². The lowest BCUT2D eigenvalue weighted by Gasteiger charge is -2.36. The van der Waals surface area contributed by atoms with Crippen molar-refractivity contribution < 1.29 is 4.79 Å². The highest BCUT2D eigenvalue weighted by atomic mass is 32.2.